The van der Waals surface area contributed by atoms with Crippen LogP contribution in [0, 0.1) is 5.92 Å². The van der Waals surface area contributed by atoms with Crippen LogP contribution in [0.4, 0.5) is 0 Å². The number of carbonyl (C=O) groups is 3. The maximum absolute atomic E-state index is 12.9. The van der Waals surface area contributed by atoms with Crippen molar-refractivity contribution in [1.82, 2.24) is 15.0 Å². The Hall–Kier alpha value is -4.05. The number of hydrogen-bond acceptors (Lipinski definition) is 6. The van der Waals surface area contributed by atoms with E-state index >= 15 is 0 Å². The number of pyridine rings is 1. The van der Waals surface area contributed by atoms with E-state index in [2.05, 4.69) is 17.2 Å². The van der Waals surface area contributed by atoms with Gasteiger partial charge in [-0.1, -0.05) is 63.4 Å². The number of benzene rings is 2. The fraction of sp³-hybridized carbons (Fsp3) is 0.333. The van der Waals surface area contributed by atoms with Crippen LogP contribution in [-0.4, -0.2) is 42.8 Å². The molecule has 0 aliphatic rings. The van der Waals surface area contributed by atoms with E-state index in [1.807, 2.05) is 42.0 Å². The molecular weight excluding hydrogens is 530 g/mol. The standard InChI is InChI=1S/C30H35N3O6S/c1-3-4-9-21(2)18-24-19-25(20-32-27(24)30(36)37)29(35)33-40(38,39)26-15-13-23(14-16-26)28(34)31-17-8-12-22-10-6-5-7-11-22/h5-7,10-11,13-16,19-21H,3-4,8-9,12,17-18H2,1-2H3,(H,31,34)(H,33,35)(H,36,37). The zero-order chi connectivity index (χ0) is 29.1. The van der Waals surface area contributed by atoms with Crippen LogP contribution in [0.25, 0.3) is 0 Å². The Bertz CT molecular complexity index is 1420. The Morgan fingerprint density at radius 1 is 0.950 bits per heavy atom. The largest absolute Gasteiger partial charge is 0.477 e. The summed E-state index contributed by atoms with van der Waals surface area (Å²) < 4.78 is 27.7. The number of amides is 2. The summed E-state index contributed by atoms with van der Waals surface area (Å²) in [6.45, 7) is 4.53. The van der Waals surface area contributed by atoms with Crippen molar-refractivity contribution in [3.05, 3.63) is 94.8 Å². The summed E-state index contributed by atoms with van der Waals surface area (Å²) in [7, 11) is -4.25. The average Bonchev–Trinajstić information content (AvgIpc) is 2.94. The number of aromatic carboxylic acids is 1. The van der Waals surface area contributed by atoms with Gasteiger partial charge in [-0.3, -0.25) is 9.59 Å². The molecule has 2 amide bonds. The first-order valence-electron chi connectivity index (χ1n) is 13.3. The molecule has 0 spiro atoms. The minimum atomic E-state index is -4.25. The molecule has 212 valence electrons. The molecule has 10 heteroatoms. The SMILES string of the molecule is CCCCC(C)Cc1cc(C(=O)NS(=O)(=O)c2ccc(C(=O)NCCCc3ccccc3)cc2)cnc1C(=O)O. The molecule has 0 saturated heterocycles. The van der Waals surface area contributed by atoms with Gasteiger partial charge in [-0.05, 0) is 66.6 Å². The zero-order valence-electron chi connectivity index (χ0n) is 22.7. The third-order valence-corrected chi connectivity index (χ3v) is 7.82. The fourth-order valence-electron chi connectivity index (χ4n) is 4.28. The highest BCUT2D eigenvalue weighted by Gasteiger charge is 2.22. The Morgan fingerprint density at radius 3 is 2.30 bits per heavy atom. The maximum atomic E-state index is 12.9. The van der Waals surface area contributed by atoms with E-state index in [1.54, 1.807) is 0 Å². The molecule has 0 fully saturated rings. The van der Waals surface area contributed by atoms with E-state index in [1.165, 1.54) is 35.9 Å². The summed E-state index contributed by atoms with van der Waals surface area (Å²) in [5.74, 6) is -2.29. The quantitative estimate of drug-likeness (QED) is 0.242. The van der Waals surface area contributed by atoms with Crippen molar-refractivity contribution in [2.75, 3.05) is 6.54 Å². The zero-order valence-corrected chi connectivity index (χ0v) is 23.5. The van der Waals surface area contributed by atoms with Gasteiger partial charge in [0.15, 0.2) is 5.69 Å². The minimum absolute atomic E-state index is 0.0576. The number of hydrogen-bond donors (Lipinski definition) is 3. The first-order valence-corrected chi connectivity index (χ1v) is 14.8. The molecule has 0 saturated carbocycles. The molecular formula is C30H35N3O6S. The molecule has 0 aliphatic carbocycles. The lowest BCUT2D eigenvalue weighted by Crippen LogP contribution is -2.31. The van der Waals surface area contributed by atoms with Crippen molar-refractivity contribution in [2.45, 2.75) is 57.3 Å². The number of unbranched alkanes of at least 4 members (excludes halogenated alkanes) is 1. The third kappa shape index (κ3) is 8.74. The minimum Gasteiger partial charge on any atom is -0.477 e. The number of nitrogens with zero attached hydrogens (tertiary/aromatic N) is 1. The number of carboxylic acid groups (broad SMARTS) is 1. The first kappa shape index (κ1) is 30.5. The van der Waals surface area contributed by atoms with E-state index < -0.39 is 21.9 Å². The van der Waals surface area contributed by atoms with Crippen molar-refractivity contribution < 1.29 is 27.9 Å². The van der Waals surface area contributed by atoms with Crippen molar-refractivity contribution in [3.8, 4) is 0 Å². The summed E-state index contributed by atoms with van der Waals surface area (Å²) in [5.41, 5.74) is 1.63. The van der Waals surface area contributed by atoms with Gasteiger partial charge in [0.25, 0.3) is 21.8 Å². The van der Waals surface area contributed by atoms with E-state index in [9.17, 15) is 27.9 Å². The van der Waals surface area contributed by atoms with E-state index in [-0.39, 0.29) is 28.0 Å². The number of carboxylic acids is 1. The molecule has 0 radical (unpaired) electrons. The third-order valence-electron chi connectivity index (χ3n) is 6.47. The van der Waals surface area contributed by atoms with Crippen LogP contribution >= 0.6 is 0 Å². The number of nitrogens with one attached hydrogen (secondary N) is 2. The van der Waals surface area contributed by atoms with Crippen LogP contribution in [0.5, 0.6) is 0 Å². The molecule has 40 heavy (non-hydrogen) atoms. The number of aromatic nitrogens is 1. The number of carbonyl (C=O) groups excluding carboxylic acids is 2. The fourth-order valence-corrected chi connectivity index (χ4v) is 5.25. The van der Waals surface area contributed by atoms with Crippen LogP contribution < -0.4 is 10.0 Å². The average molecular weight is 566 g/mol. The van der Waals surface area contributed by atoms with Gasteiger partial charge in [0, 0.05) is 18.3 Å². The van der Waals surface area contributed by atoms with Crippen molar-refractivity contribution in [2.24, 2.45) is 5.92 Å². The molecule has 3 aromatic rings. The van der Waals surface area contributed by atoms with E-state index in [0.29, 0.717) is 24.1 Å². The van der Waals surface area contributed by atoms with Gasteiger partial charge < -0.3 is 10.4 Å². The highest BCUT2D eigenvalue weighted by Crippen LogP contribution is 2.19. The first-order chi connectivity index (χ1) is 19.1. The molecule has 0 aliphatic heterocycles. The lowest BCUT2D eigenvalue weighted by Gasteiger charge is -2.14. The predicted octanol–water partition coefficient (Wildman–Crippen LogP) is 4.63. The predicted molar refractivity (Wildman–Crippen MR) is 152 cm³/mol. The Morgan fingerprint density at radius 2 is 1.65 bits per heavy atom. The lowest BCUT2D eigenvalue weighted by molar-refractivity contribution is 0.0687. The smallest absolute Gasteiger partial charge is 0.354 e. The van der Waals surface area contributed by atoms with Crippen molar-refractivity contribution in [1.29, 1.82) is 0 Å². The normalized spacial score (nSPS) is 11.9. The van der Waals surface area contributed by atoms with Crippen LogP contribution in [0.1, 0.15) is 81.9 Å². The Kier molecular flexibility index (Phi) is 11.0. The van der Waals surface area contributed by atoms with Gasteiger partial charge in [0.2, 0.25) is 0 Å². The van der Waals surface area contributed by atoms with Gasteiger partial charge in [0.1, 0.15) is 0 Å². The molecule has 2 aromatic carbocycles. The van der Waals surface area contributed by atoms with Crippen molar-refractivity contribution in [3.63, 3.8) is 0 Å². The highest BCUT2D eigenvalue weighted by molar-refractivity contribution is 7.90. The lowest BCUT2D eigenvalue weighted by atomic mass is 9.94. The molecule has 3 rings (SSSR count). The van der Waals surface area contributed by atoms with Gasteiger partial charge in [-0.15, -0.1) is 0 Å². The Labute approximate surface area is 235 Å². The van der Waals surface area contributed by atoms with Crippen LogP contribution in [-0.2, 0) is 22.9 Å². The molecule has 9 nitrogen and oxygen atoms in total. The summed E-state index contributed by atoms with van der Waals surface area (Å²) in [4.78, 5) is 40.6. The summed E-state index contributed by atoms with van der Waals surface area (Å²) in [6, 6.07) is 16.6. The van der Waals surface area contributed by atoms with Gasteiger partial charge in [-0.2, -0.15) is 0 Å². The van der Waals surface area contributed by atoms with Gasteiger partial charge >= 0.3 is 5.97 Å². The molecule has 1 unspecified atom stereocenters. The second-order valence-corrected chi connectivity index (χ2v) is 11.5. The van der Waals surface area contributed by atoms with Crippen LogP contribution in [0.2, 0.25) is 0 Å². The molecule has 1 atom stereocenters. The van der Waals surface area contributed by atoms with E-state index in [4.69, 9.17) is 0 Å². The molecule has 1 aromatic heterocycles. The monoisotopic (exact) mass is 565 g/mol. The maximum Gasteiger partial charge on any atom is 0.354 e. The molecule has 3 N–H and O–H groups in total. The second-order valence-electron chi connectivity index (χ2n) is 9.79. The van der Waals surface area contributed by atoms with Gasteiger partial charge in [0.05, 0.1) is 10.5 Å². The number of sulfonamides is 1. The summed E-state index contributed by atoms with van der Waals surface area (Å²) in [6.07, 6.45) is 5.93. The second kappa shape index (κ2) is 14.4. The number of aryl methyl sites for hydroxylation is 1. The summed E-state index contributed by atoms with van der Waals surface area (Å²) in [5, 5.41) is 12.3. The summed E-state index contributed by atoms with van der Waals surface area (Å²) >= 11 is 0. The van der Waals surface area contributed by atoms with Crippen LogP contribution in [0.15, 0.2) is 71.8 Å². The van der Waals surface area contributed by atoms with Crippen LogP contribution in [0.3, 0.4) is 0 Å². The molecule has 0 bridgehead atoms. The topological polar surface area (TPSA) is 143 Å². The van der Waals surface area contributed by atoms with E-state index in [0.717, 1.165) is 38.3 Å². The number of rotatable bonds is 14. The molecule has 1 heterocycles. The Balaban J connectivity index is 1.62. The highest BCUT2D eigenvalue weighted by atomic mass is 32.2. The van der Waals surface area contributed by atoms with Crippen molar-refractivity contribution >= 4 is 27.8 Å². The van der Waals surface area contributed by atoms with Gasteiger partial charge in [-0.25, -0.2) is 22.9 Å².